The van der Waals surface area contributed by atoms with Crippen molar-refractivity contribution in [3.63, 3.8) is 0 Å². The predicted molar refractivity (Wildman–Crippen MR) is 90.6 cm³/mol. The number of carbonyl (C=O) groups excluding carboxylic acids is 1. The van der Waals surface area contributed by atoms with Gasteiger partial charge in [0.15, 0.2) is 0 Å². The molecule has 0 radical (unpaired) electrons. The molecular weight excluding hydrogens is 326 g/mol. The normalized spacial score (nSPS) is 22.9. The molecule has 134 valence electrons. The standard InChI is InChI=1S/C17H21N3O5/c21-16(19-13-4-1-10(2-5-13)17(22)23)11-3-8-14(18-12-6-7-12)15(9-11)20(24)25/h3,8-10,12-13,18H,1-2,4-7H2,(H,19,21)(H,22,23). The maximum Gasteiger partial charge on any atom is 0.306 e. The molecule has 2 aliphatic carbocycles. The van der Waals surface area contributed by atoms with Crippen LogP contribution in [-0.4, -0.2) is 34.0 Å². The van der Waals surface area contributed by atoms with E-state index in [9.17, 15) is 19.7 Å². The third-order valence-electron chi connectivity index (χ3n) is 4.81. The summed E-state index contributed by atoms with van der Waals surface area (Å²) < 4.78 is 0. The Bertz CT molecular complexity index is 694. The second-order valence-corrected chi connectivity index (χ2v) is 6.77. The minimum atomic E-state index is -0.792. The molecule has 0 bridgehead atoms. The summed E-state index contributed by atoms with van der Waals surface area (Å²) in [6.07, 6.45) is 4.27. The van der Waals surface area contributed by atoms with E-state index in [4.69, 9.17) is 5.11 Å². The molecule has 0 aromatic heterocycles. The molecular formula is C17H21N3O5. The minimum Gasteiger partial charge on any atom is -0.481 e. The highest BCUT2D eigenvalue weighted by Gasteiger charge is 2.28. The van der Waals surface area contributed by atoms with Gasteiger partial charge < -0.3 is 15.7 Å². The van der Waals surface area contributed by atoms with Crippen molar-refractivity contribution in [2.45, 2.75) is 50.6 Å². The first-order valence-corrected chi connectivity index (χ1v) is 8.52. The summed E-state index contributed by atoms with van der Waals surface area (Å²) in [5, 5.41) is 26.2. The summed E-state index contributed by atoms with van der Waals surface area (Å²) in [6, 6.07) is 4.64. The van der Waals surface area contributed by atoms with Gasteiger partial charge in [0.25, 0.3) is 11.6 Å². The Morgan fingerprint density at radius 3 is 2.28 bits per heavy atom. The monoisotopic (exact) mass is 347 g/mol. The summed E-state index contributed by atoms with van der Waals surface area (Å²) in [6.45, 7) is 0. The molecule has 0 aliphatic heterocycles. The smallest absolute Gasteiger partial charge is 0.306 e. The van der Waals surface area contributed by atoms with Gasteiger partial charge >= 0.3 is 5.97 Å². The first-order chi connectivity index (χ1) is 11.9. The minimum absolute atomic E-state index is 0.0913. The number of nitrogens with zero attached hydrogens (tertiary/aromatic N) is 1. The van der Waals surface area contributed by atoms with E-state index in [1.807, 2.05) is 0 Å². The second kappa shape index (κ2) is 7.08. The highest BCUT2D eigenvalue weighted by Crippen LogP contribution is 2.32. The van der Waals surface area contributed by atoms with Crippen LogP contribution in [0.1, 0.15) is 48.9 Å². The summed E-state index contributed by atoms with van der Waals surface area (Å²) >= 11 is 0. The fourth-order valence-electron chi connectivity index (χ4n) is 3.15. The Kier molecular flexibility index (Phi) is 4.87. The number of hydrogen-bond donors (Lipinski definition) is 3. The van der Waals surface area contributed by atoms with Gasteiger partial charge in [-0.05, 0) is 50.7 Å². The topological polar surface area (TPSA) is 122 Å². The Hall–Kier alpha value is -2.64. The molecule has 2 fully saturated rings. The van der Waals surface area contributed by atoms with E-state index in [1.165, 1.54) is 6.07 Å². The summed E-state index contributed by atoms with van der Waals surface area (Å²) in [4.78, 5) is 34.1. The number of carboxylic acids is 1. The lowest BCUT2D eigenvalue weighted by molar-refractivity contribution is -0.384. The quantitative estimate of drug-likeness (QED) is 0.537. The molecule has 1 aromatic carbocycles. The van der Waals surface area contributed by atoms with Crippen LogP contribution in [0.15, 0.2) is 18.2 Å². The Morgan fingerprint density at radius 2 is 1.72 bits per heavy atom. The molecule has 8 heteroatoms. The molecule has 8 nitrogen and oxygen atoms in total. The third kappa shape index (κ3) is 4.26. The van der Waals surface area contributed by atoms with E-state index in [2.05, 4.69) is 10.6 Å². The van der Waals surface area contributed by atoms with Crippen LogP contribution in [0.3, 0.4) is 0 Å². The van der Waals surface area contributed by atoms with Gasteiger partial charge in [-0.15, -0.1) is 0 Å². The zero-order valence-corrected chi connectivity index (χ0v) is 13.7. The van der Waals surface area contributed by atoms with Crippen molar-refractivity contribution < 1.29 is 19.6 Å². The van der Waals surface area contributed by atoms with Gasteiger partial charge in [0.1, 0.15) is 5.69 Å². The molecule has 2 saturated carbocycles. The van der Waals surface area contributed by atoms with E-state index in [0.29, 0.717) is 31.4 Å². The highest BCUT2D eigenvalue weighted by atomic mass is 16.6. The first kappa shape index (κ1) is 17.2. The summed E-state index contributed by atoms with van der Waals surface area (Å²) in [7, 11) is 0. The lowest BCUT2D eigenvalue weighted by Gasteiger charge is -2.26. The molecule has 0 saturated heterocycles. The number of rotatable bonds is 6. The van der Waals surface area contributed by atoms with Gasteiger partial charge in [0, 0.05) is 23.7 Å². The fraction of sp³-hybridized carbons (Fsp3) is 0.529. The SMILES string of the molecule is O=C(NC1CCC(C(=O)O)CC1)c1ccc(NC2CC2)c([N+](=O)[O-])c1. The van der Waals surface area contributed by atoms with Gasteiger partial charge in [-0.3, -0.25) is 19.7 Å². The van der Waals surface area contributed by atoms with Crippen LogP contribution >= 0.6 is 0 Å². The van der Waals surface area contributed by atoms with Gasteiger partial charge in [0.2, 0.25) is 0 Å². The molecule has 3 rings (SSSR count). The number of carboxylic acid groups (broad SMARTS) is 1. The molecule has 2 aliphatic rings. The van der Waals surface area contributed by atoms with Gasteiger partial charge in [0.05, 0.1) is 10.8 Å². The number of hydrogen-bond acceptors (Lipinski definition) is 5. The zero-order chi connectivity index (χ0) is 18.0. The number of benzene rings is 1. The van der Waals surface area contributed by atoms with Crippen LogP contribution in [0.25, 0.3) is 0 Å². The summed E-state index contributed by atoms with van der Waals surface area (Å²) in [5.74, 6) is -1.50. The molecule has 25 heavy (non-hydrogen) atoms. The van der Waals surface area contributed by atoms with Crippen molar-refractivity contribution in [3.8, 4) is 0 Å². The highest BCUT2D eigenvalue weighted by molar-refractivity contribution is 5.96. The van der Waals surface area contributed by atoms with Gasteiger partial charge in [-0.2, -0.15) is 0 Å². The van der Waals surface area contributed by atoms with Crippen LogP contribution in [0, 0.1) is 16.0 Å². The van der Waals surface area contributed by atoms with Crippen LogP contribution in [-0.2, 0) is 4.79 Å². The predicted octanol–water partition coefficient (Wildman–Crippen LogP) is 2.54. The Morgan fingerprint density at radius 1 is 1.08 bits per heavy atom. The second-order valence-electron chi connectivity index (χ2n) is 6.77. The lowest BCUT2D eigenvalue weighted by Crippen LogP contribution is -2.38. The molecule has 3 N–H and O–H groups in total. The first-order valence-electron chi connectivity index (χ1n) is 8.52. The van der Waals surface area contributed by atoms with Crippen LogP contribution < -0.4 is 10.6 Å². The fourth-order valence-corrected chi connectivity index (χ4v) is 3.15. The molecule has 1 aromatic rings. The maximum atomic E-state index is 12.4. The largest absolute Gasteiger partial charge is 0.481 e. The molecule has 0 heterocycles. The number of nitrogens with one attached hydrogen (secondary N) is 2. The Labute approximate surface area is 144 Å². The molecule has 1 amide bonds. The van der Waals surface area contributed by atoms with E-state index < -0.39 is 10.9 Å². The molecule has 0 atom stereocenters. The van der Waals surface area contributed by atoms with Crippen LogP contribution in [0.2, 0.25) is 0 Å². The van der Waals surface area contributed by atoms with Crippen molar-refractivity contribution in [1.29, 1.82) is 0 Å². The lowest BCUT2D eigenvalue weighted by atomic mass is 9.86. The summed E-state index contributed by atoms with van der Waals surface area (Å²) in [5.41, 5.74) is 0.577. The van der Waals surface area contributed by atoms with Crippen molar-refractivity contribution in [2.24, 2.45) is 5.92 Å². The van der Waals surface area contributed by atoms with Crippen LogP contribution in [0.5, 0.6) is 0 Å². The Balaban J connectivity index is 1.64. The van der Waals surface area contributed by atoms with Gasteiger partial charge in [-0.1, -0.05) is 0 Å². The molecule has 0 unspecified atom stereocenters. The number of nitro benzene ring substituents is 1. The van der Waals surface area contributed by atoms with Crippen molar-refractivity contribution in [2.75, 3.05) is 5.32 Å². The average molecular weight is 347 g/mol. The number of anilines is 1. The zero-order valence-electron chi connectivity index (χ0n) is 13.7. The maximum absolute atomic E-state index is 12.4. The van der Waals surface area contributed by atoms with E-state index >= 15 is 0 Å². The van der Waals surface area contributed by atoms with Crippen molar-refractivity contribution >= 4 is 23.3 Å². The average Bonchev–Trinajstić information content (AvgIpc) is 3.39. The number of carbonyl (C=O) groups is 2. The van der Waals surface area contributed by atoms with Gasteiger partial charge in [-0.25, -0.2) is 0 Å². The number of aliphatic carboxylic acids is 1. The number of amides is 1. The van der Waals surface area contributed by atoms with E-state index in [-0.39, 0.29) is 35.2 Å². The molecule has 0 spiro atoms. The van der Waals surface area contributed by atoms with Crippen LogP contribution in [0.4, 0.5) is 11.4 Å². The number of nitro groups is 1. The van der Waals surface area contributed by atoms with Crippen molar-refractivity contribution in [1.82, 2.24) is 5.32 Å². The van der Waals surface area contributed by atoms with E-state index in [1.54, 1.807) is 12.1 Å². The van der Waals surface area contributed by atoms with E-state index in [0.717, 1.165) is 12.8 Å². The third-order valence-corrected chi connectivity index (χ3v) is 4.81. The van der Waals surface area contributed by atoms with Crippen molar-refractivity contribution in [3.05, 3.63) is 33.9 Å².